The topological polar surface area (TPSA) is 65.5 Å². The number of rotatable bonds is 6. The number of hydrogen-bond donors (Lipinski definition) is 3. The van der Waals surface area contributed by atoms with Crippen molar-refractivity contribution in [1.29, 1.82) is 0 Å². The molecule has 0 saturated carbocycles. The number of aliphatic imine (C=N–C) groups is 1. The molecule has 3 N–H and O–H groups in total. The van der Waals surface area contributed by atoms with Gasteiger partial charge in [0.2, 0.25) is 0 Å². The Morgan fingerprint density at radius 1 is 1.17 bits per heavy atom. The summed E-state index contributed by atoms with van der Waals surface area (Å²) in [4.78, 5) is 16.2. The molecular formula is C17H23BrN4O. The zero-order valence-corrected chi connectivity index (χ0v) is 14.9. The second-order valence-electron chi connectivity index (χ2n) is 5.40. The van der Waals surface area contributed by atoms with Gasteiger partial charge in [0.15, 0.2) is 5.96 Å². The van der Waals surface area contributed by atoms with Crippen LogP contribution in [-0.4, -0.2) is 38.0 Å². The number of nitrogens with zero attached hydrogens (tertiary/aromatic N) is 1. The van der Waals surface area contributed by atoms with Crippen LogP contribution < -0.4 is 16.0 Å². The van der Waals surface area contributed by atoms with Crippen molar-refractivity contribution in [3.8, 4) is 0 Å². The van der Waals surface area contributed by atoms with E-state index in [1.165, 1.54) is 0 Å². The van der Waals surface area contributed by atoms with E-state index in [1.807, 2.05) is 12.1 Å². The molecule has 0 spiro atoms. The first kappa shape index (κ1) is 17.5. The number of carbonyl (C=O) groups is 1. The number of nitrogens with one attached hydrogen (secondary N) is 3. The lowest BCUT2D eigenvalue weighted by Crippen LogP contribution is -2.43. The fourth-order valence-corrected chi connectivity index (χ4v) is 2.59. The molecule has 0 fully saturated rings. The number of halogens is 1. The van der Waals surface area contributed by atoms with Crippen molar-refractivity contribution in [2.75, 3.05) is 20.1 Å². The molecule has 0 saturated heterocycles. The van der Waals surface area contributed by atoms with Crippen LogP contribution in [0.1, 0.15) is 29.6 Å². The average molecular weight is 379 g/mol. The van der Waals surface area contributed by atoms with Crippen LogP contribution >= 0.6 is 15.9 Å². The summed E-state index contributed by atoms with van der Waals surface area (Å²) in [6, 6.07) is 7.78. The number of amides is 1. The molecule has 1 aliphatic carbocycles. The fourth-order valence-electron chi connectivity index (χ4n) is 2.32. The zero-order chi connectivity index (χ0) is 16.5. The van der Waals surface area contributed by atoms with Gasteiger partial charge in [0.05, 0.1) is 0 Å². The summed E-state index contributed by atoms with van der Waals surface area (Å²) in [7, 11) is 1.77. The maximum absolute atomic E-state index is 11.9. The van der Waals surface area contributed by atoms with Gasteiger partial charge >= 0.3 is 0 Å². The van der Waals surface area contributed by atoms with Crippen molar-refractivity contribution < 1.29 is 4.79 Å². The van der Waals surface area contributed by atoms with E-state index in [1.54, 1.807) is 19.2 Å². The van der Waals surface area contributed by atoms with Crippen LogP contribution in [0.2, 0.25) is 0 Å². The summed E-state index contributed by atoms with van der Waals surface area (Å²) < 4.78 is 0.967. The van der Waals surface area contributed by atoms with E-state index in [-0.39, 0.29) is 5.91 Å². The van der Waals surface area contributed by atoms with Gasteiger partial charge < -0.3 is 16.0 Å². The van der Waals surface area contributed by atoms with E-state index in [0.717, 1.165) is 36.2 Å². The minimum Gasteiger partial charge on any atom is -0.356 e. The molecule has 5 nitrogen and oxygen atoms in total. The van der Waals surface area contributed by atoms with Gasteiger partial charge in [0.25, 0.3) is 5.91 Å². The Morgan fingerprint density at radius 3 is 2.48 bits per heavy atom. The maximum atomic E-state index is 11.9. The van der Waals surface area contributed by atoms with Gasteiger partial charge in [0.1, 0.15) is 0 Å². The van der Waals surface area contributed by atoms with Gasteiger partial charge in [-0.05, 0) is 43.5 Å². The van der Waals surface area contributed by atoms with Crippen LogP contribution in [0.15, 0.2) is 45.9 Å². The fraction of sp³-hybridized carbons (Fsp3) is 0.412. The Labute approximate surface area is 145 Å². The van der Waals surface area contributed by atoms with Gasteiger partial charge in [-0.2, -0.15) is 0 Å². The predicted octanol–water partition coefficient (Wildman–Crippen LogP) is 2.45. The molecule has 1 aromatic carbocycles. The third kappa shape index (κ3) is 6.06. The second-order valence-corrected chi connectivity index (χ2v) is 6.32. The highest BCUT2D eigenvalue weighted by atomic mass is 79.9. The normalized spacial score (nSPS) is 14.8. The largest absolute Gasteiger partial charge is 0.356 e. The maximum Gasteiger partial charge on any atom is 0.251 e. The Hall–Kier alpha value is -1.82. The quantitative estimate of drug-likeness (QED) is 0.308. The standard InChI is InChI=1S/C17H23BrN4O/c1-19-17(22-15-5-2-3-6-15)21-12-4-11-20-16(23)13-7-9-14(18)10-8-13/h2-3,7-10,15H,4-6,11-12H2,1H3,(H,20,23)(H2,19,21,22). The smallest absolute Gasteiger partial charge is 0.251 e. The van der Waals surface area contributed by atoms with Gasteiger partial charge in [-0.3, -0.25) is 9.79 Å². The first-order valence-corrected chi connectivity index (χ1v) is 8.64. The third-order valence-corrected chi connectivity index (χ3v) is 4.14. The Balaban J connectivity index is 1.61. The lowest BCUT2D eigenvalue weighted by Gasteiger charge is -2.16. The summed E-state index contributed by atoms with van der Waals surface area (Å²) in [5, 5.41) is 9.57. The molecule has 2 rings (SSSR count). The van der Waals surface area contributed by atoms with Crippen molar-refractivity contribution in [2.45, 2.75) is 25.3 Å². The molecule has 1 aliphatic rings. The van der Waals surface area contributed by atoms with Gasteiger partial charge in [-0.25, -0.2) is 0 Å². The molecule has 6 heteroatoms. The highest BCUT2D eigenvalue weighted by Crippen LogP contribution is 2.10. The molecule has 0 aromatic heterocycles. The monoisotopic (exact) mass is 378 g/mol. The van der Waals surface area contributed by atoms with Crippen molar-refractivity contribution in [3.63, 3.8) is 0 Å². The van der Waals surface area contributed by atoms with Crippen LogP contribution in [0, 0.1) is 0 Å². The first-order valence-electron chi connectivity index (χ1n) is 7.85. The van der Waals surface area contributed by atoms with Crippen LogP contribution in [0.4, 0.5) is 0 Å². The molecule has 0 heterocycles. The van der Waals surface area contributed by atoms with Crippen LogP contribution in [0.5, 0.6) is 0 Å². The molecule has 124 valence electrons. The lowest BCUT2D eigenvalue weighted by atomic mass is 10.2. The molecule has 0 unspecified atom stereocenters. The predicted molar refractivity (Wildman–Crippen MR) is 97.8 cm³/mol. The minimum absolute atomic E-state index is 0.0444. The van der Waals surface area contributed by atoms with Crippen LogP contribution in [0.3, 0.4) is 0 Å². The van der Waals surface area contributed by atoms with Gasteiger partial charge in [-0.15, -0.1) is 0 Å². The van der Waals surface area contributed by atoms with Crippen LogP contribution in [-0.2, 0) is 0 Å². The minimum atomic E-state index is -0.0444. The lowest BCUT2D eigenvalue weighted by molar-refractivity contribution is 0.0953. The zero-order valence-electron chi connectivity index (χ0n) is 13.3. The number of hydrogen-bond acceptors (Lipinski definition) is 2. The SMILES string of the molecule is CN=C(NCCCNC(=O)c1ccc(Br)cc1)NC1CC=CC1. The van der Waals surface area contributed by atoms with E-state index >= 15 is 0 Å². The second kappa shape index (κ2) is 9.35. The summed E-state index contributed by atoms with van der Waals surface area (Å²) in [6.45, 7) is 1.39. The number of carbonyl (C=O) groups excluding carboxylic acids is 1. The highest BCUT2D eigenvalue weighted by molar-refractivity contribution is 9.10. The molecule has 23 heavy (non-hydrogen) atoms. The number of guanidine groups is 1. The first-order chi connectivity index (χ1) is 11.2. The molecule has 0 bridgehead atoms. The van der Waals surface area contributed by atoms with E-state index < -0.39 is 0 Å². The Bertz CT molecular complexity index is 560. The third-order valence-electron chi connectivity index (χ3n) is 3.61. The Morgan fingerprint density at radius 2 is 1.83 bits per heavy atom. The summed E-state index contributed by atoms with van der Waals surface area (Å²) >= 11 is 3.36. The number of benzene rings is 1. The molecule has 0 radical (unpaired) electrons. The molecule has 1 amide bonds. The average Bonchev–Trinajstić information content (AvgIpc) is 3.07. The van der Waals surface area contributed by atoms with Crippen molar-refractivity contribution >= 4 is 27.8 Å². The summed E-state index contributed by atoms with van der Waals surface area (Å²) in [6.07, 6.45) is 7.30. The van der Waals surface area contributed by atoms with Gasteiger partial charge in [-0.1, -0.05) is 28.1 Å². The molecular weight excluding hydrogens is 356 g/mol. The Kier molecular flexibility index (Phi) is 7.13. The summed E-state index contributed by atoms with van der Waals surface area (Å²) in [5.41, 5.74) is 0.673. The molecule has 0 atom stereocenters. The van der Waals surface area contributed by atoms with E-state index in [2.05, 4.69) is 49.0 Å². The van der Waals surface area contributed by atoms with Crippen molar-refractivity contribution in [1.82, 2.24) is 16.0 Å². The van der Waals surface area contributed by atoms with Gasteiger partial charge in [0, 0.05) is 36.2 Å². The van der Waals surface area contributed by atoms with Crippen molar-refractivity contribution in [2.24, 2.45) is 4.99 Å². The molecule has 0 aliphatic heterocycles. The highest BCUT2D eigenvalue weighted by Gasteiger charge is 2.11. The van der Waals surface area contributed by atoms with E-state index in [4.69, 9.17) is 0 Å². The summed E-state index contributed by atoms with van der Waals surface area (Å²) in [5.74, 6) is 0.773. The van der Waals surface area contributed by atoms with Crippen LogP contribution in [0.25, 0.3) is 0 Å². The van der Waals surface area contributed by atoms with E-state index in [9.17, 15) is 4.79 Å². The van der Waals surface area contributed by atoms with E-state index in [0.29, 0.717) is 18.2 Å². The van der Waals surface area contributed by atoms with Crippen molar-refractivity contribution in [3.05, 3.63) is 46.5 Å². The molecule has 1 aromatic rings.